The molecule has 13 heteroatoms. The molecule has 320 valence electrons. The molecular weight excluding hydrogens is 819 g/mol. The van der Waals surface area contributed by atoms with Gasteiger partial charge < -0.3 is 15.1 Å². The summed E-state index contributed by atoms with van der Waals surface area (Å²) in [5.74, 6) is 0. The van der Waals surface area contributed by atoms with Crippen molar-refractivity contribution >= 4 is 44.5 Å². The summed E-state index contributed by atoms with van der Waals surface area (Å²) in [6.45, 7) is 5.70. The van der Waals surface area contributed by atoms with Gasteiger partial charge in [0, 0.05) is 109 Å². The van der Waals surface area contributed by atoms with Crippen molar-refractivity contribution in [2.45, 2.75) is 19.3 Å². The number of aromatic nitrogens is 8. The summed E-state index contributed by atoms with van der Waals surface area (Å²) >= 11 is 0. The number of nitriles is 2. The number of benzene rings is 4. The molecule has 0 aliphatic carbocycles. The van der Waals surface area contributed by atoms with Gasteiger partial charge in [0.15, 0.2) is 11.3 Å². The van der Waals surface area contributed by atoms with Crippen molar-refractivity contribution < 1.29 is 0 Å². The molecule has 0 amide bonds. The molecular formula is C53H43N13. The highest BCUT2D eigenvalue weighted by Crippen LogP contribution is 2.34. The molecule has 0 radical (unpaired) electrons. The Morgan fingerprint density at radius 1 is 0.470 bits per heavy atom. The third-order valence-electron chi connectivity index (χ3n) is 12.6. The quantitative estimate of drug-likeness (QED) is 0.170. The molecule has 2 aliphatic rings. The van der Waals surface area contributed by atoms with Crippen molar-refractivity contribution in [2.24, 2.45) is 0 Å². The molecule has 6 aromatic heterocycles. The summed E-state index contributed by atoms with van der Waals surface area (Å²) in [5.41, 5.74) is 14.7. The van der Waals surface area contributed by atoms with Crippen LogP contribution in [0.4, 0.5) is 11.4 Å². The van der Waals surface area contributed by atoms with E-state index < -0.39 is 0 Å². The fourth-order valence-electron chi connectivity index (χ4n) is 9.31. The molecule has 2 saturated heterocycles. The minimum Gasteiger partial charge on any atom is -0.370 e. The number of rotatable bonds is 6. The van der Waals surface area contributed by atoms with E-state index >= 15 is 0 Å². The number of anilines is 2. The second-order valence-electron chi connectivity index (χ2n) is 16.6. The van der Waals surface area contributed by atoms with E-state index in [9.17, 15) is 10.5 Å². The Kier molecular flexibility index (Phi) is 10.7. The van der Waals surface area contributed by atoms with Crippen LogP contribution in [0.3, 0.4) is 0 Å². The Morgan fingerprint density at radius 3 is 1.47 bits per heavy atom. The molecule has 8 heterocycles. The molecule has 10 aromatic rings. The van der Waals surface area contributed by atoms with Crippen molar-refractivity contribution in [2.75, 3.05) is 49.1 Å². The van der Waals surface area contributed by atoms with Gasteiger partial charge in [-0.1, -0.05) is 48.5 Å². The summed E-state index contributed by atoms with van der Waals surface area (Å²) < 4.78 is 3.61. The number of fused-ring (bicyclic) bond motifs is 4. The second-order valence-corrected chi connectivity index (χ2v) is 16.6. The Morgan fingerprint density at radius 2 is 0.970 bits per heavy atom. The average Bonchev–Trinajstić information content (AvgIpc) is 4.02. The summed E-state index contributed by atoms with van der Waals surface area (Å²) in [4.78, 5) is 23.0. The molecule has 12 rings (SSSR count). The monoisotopic (exact) mass is 861 g/mol. The number of pyridine rings is 2. The number of piperidine rings is 1. The summed E-state index contributed by atoms with van der Waals surface area (Å²) in [5, 5.41) is 34.2. The van der Waals surface area contributed by atoms with Gasteiger partial charge in [0.2, 0.25) is 0 Å². The molecule has 0 spiro atoms. The van der Waals surface area contributed by atoms with E-state index in [4.69, 9.17) is 9.97 Å². The molecule has 1 N–H and O–H groups in total. The molecule has 0 saturated carbocycles. The molecule has 13 nitrogen and oxygen atoms in total. The number of nitrogens with zero attached hydrogens (tertiary/aromatic N) is 12. The lowest BCUT2D eigenvalue weighted by Gasteiger charge is -2.30. The van der Waals surface area contributed by atoms with Crippen molar-refractivity contribution in [1.82, 2.24) is 44.5 Å². The predicted octanol–water partition coefficient (Wildman–Crippen LogP) is 9.37. The average molecular weight is 862 g/mol. The Labute approximate surface area is 380 Å². The van der Waals surface area contributed by atoms with Gasteiger partial charge in [-0.2, -0.15) is 20.7 Å². The first-order valence-electron chi connectivity index (χ1n) is 22.3. The van der Waals surface area contributed by atoms with Crippen LogP contribution in [0.2, 0.25) is 0 Å². The first-order chi connectivity index (χ1) is 32.6. The third kappa shape index (κ3) is 7.57. The lowest BCUT2D eigenvalue weighted by Crippen LogP contribution is -2.43. The van der Waals surface area contributed by atoms with Gasteiger partial charge in [0.1, 0.15) is 12.1 Å². The number of piperazine rings is 1. The summed E-state index contributed by atoms with van der Waals surface area (Å²) in [6.07, 6.45) is 18.6. The highest BCUT2D eigenvalue weighted by atomic mass is 15.2. The molecule has 0 unspecified atom stereocenters. The Balaban J connectivity index is 0.000000146. The maximum absolute atomic E-state index is 9.79. The highest BCUT2D eigenvalue weighted by Gasteiger charge is 2.19. The van der Waals surface area contributed by atoms with Crippen molar-refractivity contribution in [3.8, 4) is 56.6 Å². The SMILES string of the molecule is N#Cc1cc(-c2cnc3c(-c4cccc5ncccc45)cnn3c2)ccc1N1CCCCC1.N#Cc1cc(-c2cnc3c(-c4cccc5ncccc45)cnn3c2)ccc1N1CCNCC1. The number of hydrogen-bond acceptors (Lipinski definition) is 11. The van der Waals surface area contributed by atoms with E-state index in [0.717, 1.165) is 128 Å². The standard InChI is InChI=1S/C27H22N6.C26H21N7/c28-15-20-14-19(9-10-26(20)32-12-2-1-3-13-32)21-16-30-27-24(17-31-33(27)18-21)22-6-4-8-25-23(22)7-5-11-29-25;27-14-19-13-18(6-7-25(19)32-11-9-28-10-12-32)20-15-30-26-23(16-31-33(26)17-20)21-3-1-5-24-22(21)4-2-8-29-24/h4-11,14,16-18H,1-3,12-13H2;1-8,13,15-17,28H,9-12H2. The van der Waals surface area contributed by atoms with E-state index in [1.807, 2.05) is 96.3 Å². The Hall–Kier alpha value is -8.52. The fraction of sp³-hybridized carbons (Fsp3) is 0.170. The van der Waals surface area contributed by atoms with Crippen LogP contribution in [0.15, 0.2) is 147 Å². The fourth-order valence-corrected chi connectivity index (χ4v) is 9.31. The first kappa shape index (κ1) is 40.3. The van der Waals surface area contributed by atoms with E-state index in [0.29, 0.717) is 11.1 Å². The second kappa shape index (κ2) is 17.6. The predicted molar refractivity (Wildman–Crippen MR) is 259 cm³/mol. The van der Waals surface area contributed by atoms with E-state index in [1.165, 1.54) is 19.3 Å². The van der Waals surface area contributed by atoms with Gasteiger partial charge in [0.05, 0.1) is 45.9 Å². The van der Waals surface area contributed by atoms with Crippen LogP contribution in [0, 0.1) is 22.7 Å². The van der Waals surface area contributed by atoms with Crippen LogP contribution < -0.4 is 15.1 Å². The van der Waals surface area contributed by atoms with Crippen molar-refractivity contribution in [3.05, 3.63) is 158 Å². The summed E-state index contributed by atoms with van der Waals surface area (Å²) in [6, 6.07) is 37.1. The van der Waals surface area contributed by atoms with Gasteiger partial charge >= 0.3 is 0 Å². The summed E-state index contributed by atoms with van der Waals surface area (Å²) in [7, 11) is 0. The van der Waals surface area contributed by atoms with E-state index in [-0.39, 0.29) is 0 Å². The van der Waals surface area contributed by atoms with Gasteiger partial charge in [-0.15, -0.1) is 0 Å². The molecule has 66 heavy (non-hydrogen) atoms. The third-order valence-corrected chi connectivity index (χ3v) is 12.6. The minimum atomic E-state index is 0.680. The maximum atomic E-state index is 9.79. The van der Waals surface area contributed by atoms with Crippen LogP contribution in [0.25, 0.3) is 77.6 Å². The Bertz CT molecular complexity index is 3270. The molecule has 2 aliphatic heterocycles. The smallest absolute Gasteiger partial charge is 0.162 e. The van der Waals surface area contributed by atoms with E-state index in [1.54, 1.807) is 16.9 Å². The van der Waals surface area contributed by atoms with Gasteiger partial charge in [0.25, 0.3) is 0 Å². The largest absolute Gasteiger partial charge is 0.370 e. The zero-order valence-electron chi connectivity index (χ0n) is 36.1. The van der Waals surface area contributed by atoms with Crippen LogP contribution in [0.5, 0.6) is 0 Å². The zero-order chi connectivity index (χ0) is 44.4. The maximum Gasteiger partial charge on any atom is 0.162 e. The lowest BCUT2D eigenvalue weighted by atomic mass is 10.0. The minimum absolute atomic E-state index is 0.680. The topological polar surface area (TPSA) is 152 Å². The van der Waals surface area contributed by atoms with Crippen molar-refractivity contribution in [1.29, 1.82) is 10.5 Å². The first-order valence-corrected chi connectivity index (χ1v) is 22.3. The van der Waals surface area contributed by atoms with Crippen LogP contribution in [-0.2, 0) is 0 Å². The molecule has 0 atom stereocenters. The zero-order valence-corrected chi connectivity index (χ0v) is 36.1. The lowest BCUT2D eigenvalue weighted by molar-refractivity contribution is 0.577. The highest BCUT2D eigenvalue weighted by molar-refractivity contribution is 5.99. The van der Waals surface area contributed by atoms with Crippen LogP contribution in [-0.4, -0.2) is 78.4 Å². The number of nitrogens with one attached hydrogen (secondary N) is 1. The van der Waals surface area contributed by atoms with Gasteiger partial charge in [-0.3, -0.25) is 9.97 Å². The number of hydrogen-bond donors (Lipinski definition) is 1. The molecule has 0 bridgehead atoms. The van der Waals surface area contributed by atoms with Crippen LogP contribution in [0.1, 0.15) is 30.4 Å². The van der Waals surface area contributed by atoms with Crippen LogP contribution >= 0.6 is 0 Å². The molecule has 2 fully saturated rings. The molecule has 4 aromatic carbocycles. The van der Waals surface area contributed by atoms with Gasteiger partial charge in [-0.25, -0.2) is 19.0 Å². The van der Waals surface area contributed by atoms with E-state index in [2.05, 4.69) is 89.9 Å². The van der Waals surface area contributed by atoms with Crippen molar-refractivity contribution in [3.63, 3.8) is 0 Å². The normalized spacial score (nSPS) is 14.0. The van der Waals surface area contributed by atoms with Gasteiger partial charge in [-0.05, 0) is 90.0 Å².